The van der Waals surface area contributed by atoms with Gasteiger partial charge in [0.2, 0.25) is 17.2 Å². The van der Waals surface area contributed by atoms with Gasteiger partial charge >= 0.3 is 26.4 Å². The molecule has 0 amide bonds. The van der Waals surface area contributed by atoms with Gasteiger partial charge in [-0.05, 0) is 95.1 Å². The lowest BCUT2D eigenvalue weighted by Crippen LogP contribution is -2.41. The molecule has 512 valence electrons. The van der Waals surface area contributed by atoms with E-state index in [0.717, 1.165) is 96.0 Å². The normalized spacial score (nSPS) is 20.1. The van der Waals surface area contributed by atoms with Crippen LogP contribution in [0.15, 0.2) is 47.2 Å². The Morgan fingerprint density at radius 1 is 0.462 bits per heavy atom. The van der Waals surface area contributed by atoms with E-state index < -0.39 is 37.5 Å². The third kappa shape index (κ3) is 22.2. The van der Waals surface area contributed by atoms with E-state index in [1.54, 1.807) is 6.07 Å². The van der Waals surface area contributed by atoms with Crippen LogP contribution < -0.4 is 36.4 Å². The van der Waals surface area contributed by atoms with Crippen LogP contribution in [0, 0.1) is 0 Å². The Morgan fingerprint density at radius 2 is 0.817 bits per heavy atom. The molecule has 0 unspecified atom stereocenters. The van der Waals surface area contributed by atoms with Crippen molar-refractivity contribution >= 4 is 112 Å². The monoisotopic (exact) mass is 1460 g/mol. The lowest BCUT2D eigenvalue weighted by Gasteiger charge is -2.32. The zero-order valence-electron chi connectivity index (χ0n) is 52.7. The first-order valence-electron chi connectivity index (χ1n) is 29.6. The second-order valence-corrected chi connectivity index (χ2v) is 25.6. The first-order valence-corrected chi connectivity index (χ1v) is 31.9. The molecule has 5 aromatic heterocycles. The molecule has 37 heteroatoms. The highest BCUT2D eigenvalue weighted by Crippen LogP contribution is 2.44. The van der Waals surface area contributed by atoms with Crippen LogP contribution in [0.5, 0.6) is 0 Å². The molecule has 24 nitrogen and oxygen atoms in total. The fourth-order valence-corrected chi connectivity index (χ4v) is 10.4. The summed E-state index contributed by atoms with van der Waals surface area (Å²) in [5.41, 5.74) is 7.51. The summed E-state index contributed by atoms with van der Waals surface area (Å²) in [6, 6.07) is 6.41. The summed E-state index contributed by atoms with van der Waals surface area (Å²) < 4.78 is 127. The summed E-state index contributed by atoms with van der Waals surface area (Å²) in [4.78, 5) is 40.7. The maximum Gasteiger partial charge on any atom is 0.488 e. The SMILES string of the molecule is C1COCCN1.CC1(C)OB(B2OC(C)(C)C(C)(C)O2)OC1(C)C.Clc1cc(Cl)nc(Cl)n1.Clc1cc(N2CCOCC2)nc(N2CCOCC2)n1.Nc1cc(C(F)(F)F)c(-c2cc(N3CCOCC3)nc(N3CCOCC3)n2)cn1.Nc1cc(C(F)(F)F)c(Br)cn1. The Morgan fingerprint density at radius 3 is 1.18 bits per heavy atom. The number of halogens is 11. The Labute approximate surface area is 565 Å². The number of pyridine rings is 2. The summed E-state index contributed by atoms with van der Waals surface area (Å²) >= 11 is 25.1. The van der Waals surface area contributed by atoms with Gasteiger partial charge < -0.3 is 78.7 Å². The first-order chi connectivity index (χ1) is 43.7. The van der Waals surface area contributed by atoms with Crippen molar-refractivity contribution in [1.29, 1.82) is 0 Å². The van der Waals surface area contributed by atoms with Crippen LogP contribution >= 0.6 is 62.3 Å². The largest absolute Gasteiger partial charge is 0.488 e. The lowest BCUT2D eigenvalue weighted by atomic mass is 9.49. The van der Waals surface area contributed by atoms with E-state index in [-0.39, 0.29) is 65.4 Å². The number of nitrogens with zero attached hydrogens (tertiary/aromatic N) is 12. The zero-order valence-corrected chi connectivity index (χ0v) is 57.3. The number of rotatable bonds is 6. The van der Waals surface area contributed by atoms with E-state index in [9.17, 15) is 26.3 Å². The molecular weight excluding hydrogens is 1380 g/mol. The van der Waals surface area contributed by atoms with Crippen LogP contribution in [0.2, 0.25) is 20.7 Å². The molecule has 0 atom stereocenters. The van der Waals surface area contributed by atoms with Crippen molar-refractivity contribution in [3.63, 3.8) is 0 Å². The van der Waals surface area contributed by atoms with Crippen LogP contribution in [0.4, 0.5) is 61.5 Å². The summed E-state index contributed by atoms with van der Waals surface area (Å²) in [5.74, 6) is 2.16. The van der Waals surface area contributed by atoms with Gasteiger partial charge in [0, 0.05) is 106 Å². The highest BCUT2D eigenvalue weighted by atomic mass is 79.9. The van der Waals surface area contributed by atoms with Crippen molar-refractivity contribution < 1.29 is 68.6 Å². The number of hydrogen-bond donors (Lipinski definition) is 3. The average Bonchev–Trinajstić information content (AvgIpc) is 1.63. The number of ether oxygens (including phenoxy) is 5. The molecule has 12 rings (SSSR count). The van der Waals surface area contributed by atoms with Gasteiger partial charge in [-0.25, -0.2) is 29.9 Å². The third-order valence-corrected chi connectivity index (χ3v) is 16.9. The van der Waals surface area contributed by atoms with E-state index in [2.05, 4.69) is 70.9 Å². The van der Waals surface area contributed by atoms with Crippen molar-refractivity contribution in [1.82, 2.24) is 45.2 Å². The molecule has 5 N–H and O–H groups in total. The van der Waals surface area contributed by atoms with Gasteiger partial charge in [-0.3, -0.25) is 0 Å². The number of nitrogens with one attached hydrogen (secondary N) is 1. The van der Waals surface area contributed by atoms with E-state index in [0.29, 0.717) is 88.7 Å². The highest BCUT2D eigenvalue weighted by molar-refractivity contribution is 9.10. The van der Waals surface area contributed by atoms with Gasteiger partial charge in [0.15, 0.2) is 0 Å². The van der Waals surface area contributed by atoms with Crippen molar-refractivity contribution in [3.05, 3.63) is 79.1 Å². The molecule has 12 heterocycles. The molecule has 7 aliphatic rings. The Bertz CT molecular complexity index is 3020. The van der Waals surface area contributed by atoms with Crippen LogP contribution in [0.25, 0.3) is 11.3 Å². The number of aromatic nitrogens is 8. The molecule has 0 saturated carbocycles. The Balaban J connectivity index is 0.000000168. The molecule has 0 bridgehead atoms. The molecule has 7 fully saturated rings. The fourth-order valence-electron chi connectivity index (χ4n) is 9.13. The summed E-state index contributed by atoms with van der Waals surface area (Å²) in [7, 11) is -0.952. The summed E-state index contributed by atoms with van der Waals surface area (Å²) in [5, 5.41) is 4.21. The van der Waals surface area contributed by atoms with Crippen LogP contribution in [0.1, 0.15) is 66.5 Å². The number of nitrogens with two attached hydrogens (primary N) is 2. The lowest BCUT2D eigenvalue weighted by molar-refractivity contribution is -0.138. The molecule has 93 heavy (non-hydrogen) atoms. The van der Waals surface area contributed by atoms with Gasteiger partial charge in [-0.1, -0.05) is 34.8 Å². The molecular formula is C56H76B2BrCl4F6N15O9. The van der Waals surface area contributed by atoms with E-state index in [1.807, 2.05) is 71.3 Å². The summed E-state index contributed by atoms with van der Waals surface area (Å²) in [6.45, 7) is 30.7. The molecule has 0 aromatic carbocycles. The van der Waals surface area contributed by atoms with E-state index in [4.69, 9.17) is 100 Å². The zero-order chi connectivity index (χ0) is 67.9. The molecule has 7 aliphatic heterocycles. The highest BCUT2D eigenvalue weighted by Gasteiger charge is 2.63. The van der Waals surface area contributed by atoms with E-state index >= 15 is 0 Å². The van der Waals surface area contributed by atoms with Gasteiger partial charge in [-0.2, -0.15) is 36.3 Å². The number of morpholine rings is 5. The predicted octanol–water partition coefficient (Wildman–Crippen LogP) is 9.35. The van der Waals surface area contributed by atoms with Crippen molar-refractivity contribution in [2.24, 2.45) is 0 Å². The van der Waals surface area contributed by atoms with Crippen molar-refractivity contribution in [3.8, 4) is 11.3 Å². The Hall–Kier alpha value is -4.71. The number of nitrogen functional groups attached to an aromatic ring is 2. The quantitative estimate of drug-likeness (QED) is 0.0618. The minimum Gasteiger partial charge on any atom is -0.405 e. The molecule has 5 aromatic rings. The number of alkyl halides is 6. The number of hydrogen-bond acceptors (Lipinski definition) is 24. The second kappa shape index (κ2) is 33.5. The minimum atomic E-state index is -4.59. The van der Waals surface area contributed by atoms with Crippen LogP contribution in [0.3, 0.4) is 0 Å². The molecule has 0 radical (unpaired) electrons. The average molecular weight is 1460 g/mol. The Kier molecular flexibility index (Phi) is 27.3. The van der Waals surface area contributed by atoms with Gasteiger partial charge in [0.05, 0.1) is 105 Å². The van der Waals surface area contributed by atoms with Crippen molar-refractivity contribution in [2.75, 3.05) is 163 Å². The maximum atomic E-state index is 13.6. The summed E-state index contributed by atoms with van der Waals surface area (Å²) in [6.07, 6.45) is -6.84. The van der Waals surface area contributed by atoms with Crippen LogP contribution in [-0.2, 0) is 54.7 Å². The topological polar surface area (TPSA) is 263 Å². The van der Waals surface area contributed by atoms with Crippen LogP contribution in [-0.4, -0.2) is 208 Å². The predicted molar refractivity (Wildman–Crippen MR) is 348 cm³/mol. The standard InChI is InChI=1S/C18H21F3N6O2.C12H24B2O4.C12H17ClN4O2.C6H4BrF3N2.C4HCl3N2.C4H9NO/c19-18(20,21)13-9-15(22)23-11-12(13)14-10-16(26-1-5-28-6-2-26)25-17(24-14)27-3-7-29-8-4-27;1-9(2)10(3,4)16-13(15-9)14-17-11(5,6)12(7,8)18-14;13-10-9-11(16-1-5-18-6-2-16)15-12(14-10)17-3-7-19-8-4-17;7-4-2-12-5(11)1-3(4)6(8,9)10;5-2-1-3(6)9-4(7)8-2;1-3-6-4-2-5-1/h9-11H,1-8H2,(H2,22,23);1-8H3;9H,1-8H2;1-2H,(H2,11,12);1H;5H,1-4H2. The number of anilines is 6. The molecule has 0 spiro atoms. The molecule has 7 saturated heterocycles. The smallest absolute Gasteiger partial charge is 0.405 e. The minimum absolute atomic E-state index is 0.0625. The maximum absolute atomic E-state index is 13.6. The second-order valence-electron chi connectivity index (χ2n) is 23.3. The van der Waals surface area contributed by atoms with Gasteiger partial charge in [0.25, 0.3) is 0 Å². The molecule has 0 aliphatic carbocycles. The van der Waals surface area contributed by atoms with Crippen molar-refractivity contribution in [2.45, 2.75) is 90.1 Å². The third-order valence-electron chi connectivity index (χ3n) is 15.6. The first kappa shape index (κ1) is 75.7. The fraction of sp³-hybridized carbons (Fsp3) is 0.607. The van der Waals surface area contributed by atoms with E-state index in [1.165, 1.54) is 6.07 Å². The van der Waals surface area contributed by atoms with Gasteiger partial charge in [0.1, 0.15) is 38.7 Å². The van der Waals surface area contributed by atoms with Gasteiger partial charge in [-0.15, -0.1) is 0 Å².